The van der Waals surface area contributed by atoms with Gasteiger partial charge in [-0.15, -0.1) is 0 Å². The van der Waals surface area contributed by atoms with E-state index >= 15 is 14.4 Å². The van der Waals surface area contributed by atoms with E-state index in [0.717, 1.165) is 21.9 Å². The molecule has 2 spiro atoms. The summed E-state index contributed by atoms with van der Waals surface area (Å²) >= 11 is 0. The van der Waals surface area contributed by atoms with Gasteiger partial charge in [0, 0.05) is 0 Å². The highest BCUT2D eigenvalue weighted by Gasteiger charge is 2.99. The van der Waals surface area contributed by atoms with Gasteiger partial charge in [-0.05, 0) is 85.0 Å². The maximum absolute atomic E-state index is 17.3. The number of aryl methyl sites for hydroxylation is 2. The van der Waals surface area contributed by atoms with Gasteiger partial charge in [-0.3, -0.25) is 14.6 Å². The molecule has 10 rings (SSSR count). The molecule has 4 atom stereocenters. The Morgan fingerprint density at radius 3 is 1.64 bits per heavy atom. The van der Waals surface area contributed by atoms with Crippen molar-refractivity contribution in [2.45, 2.75) is 44.2 Å². The molecular formula is C49H40N4O5. The van der Waals surface area contributed by atoms with Gasteiger partial charge in [0.05, 0.1) is 36.0 Å². The second kappa shape index (κ2) is 12.6. The molecule has 58 heavy (non-hydrogen) atoms. The molecule has 4 aliphatic rings. The summed E-state index contributed by atoms with van der Waals surface area (Å²) in [7, 11) is 0. The largest absolute Gasteiger partial charge is 0.465 e. The van der Waals surface area contributed by atoms with Crippen molar-refractivity contribution in [3.05, 3.63) is 179 Å². The Morgan fingerprint density at radius 1 is 0.569 bits per heavy atom. The number of Topliss-reactive ketones (excluding diaryl/α,β-unsaturated/α-hetero) is 1. The maximum atomic E-state index is 17.3. The predicted octanol–water partition coefficient (Wildman–Crippen LogP) is 8.19. The van der Waals surface area contributed by atoms with Crippen LogP contribution in [-0.4, -0.2) is 47.9 Å². The molecule has 0 radical (unpaired) electrons. The minimum Gasteiger partial charge on any atom is -0.465 e. The molecule has 2 aliphatic heterocycles. The van der Waals surface area contributed by atoms with Gasteiger partial charge in [0.15, 0.2) is 5.78 Å². The van der Waals surface area contributed by atoms with Crippen LogP contribution < -0.4 is 10.0 Å². The Balaban J connectivity index is 1.51. The Kier molecular flexibility index (Phi) is 7.70. The molecule has 6 aromatic carbocycles. The summed E-state index contributed by atoms with van der Waals surface area (Å²) in [5, 5.41) is 16.1. The molecule has 0 aromatic heterocycles. The number of carbonyl (C=O) groups is 3. The highest BCUT2D eigenvalue weighted by Crippen LogP contribution is 2.79. The Labute approximate surface area is 336 Å². The van der Waals surface area contributed by atoms with Gasteiger partial charge in [0.1, 0.15) is 11.0 Å². The van der Waals surface area contributed by atoms with Crippen LogP contribution in [0.15, 0.2) is 156 Å². The van der Waals surface area contributed by atoms with Gasteiger partial charge in [0.2, 0.25) is 11.0 Å². The Morgan fingerprint density at radius 2 is 1.07 bits per heavy atom. The van der Waals surface area contributed by atoms with Crippen molar-refractivity contribution in [2.24, 2.45) is 15.6 Å². The monoisotopic (exact) mass is 764 g/mol. The average Bonchev–Trinajstić information content (AvgIpc) is 3.89. The zero-order valence-electron chi connectivity index (χ0n) is 32.6. The lowest BCUT2D eigenvalue weighted by molar-refractivity contribution is -0.159. The first kappa shape index (κ1) is 35.5. The zero-order valence-corrected chi connectivity index (χ0v) is 32.6. The molecule has 286 valence electrons. The van der Waals surface area contributed by atoms with Crippen molar-refractivity contribution >= 4 is 51.3 Å². The summed E-state index contributed by atoms with van der Waals surface area (Å²) in [5.41, 5.74) is -2.05. The highest BCUT2D eigenvalue weighted by molar-refractivity contribution is 6.45. The van der Waals surface area contributed by atoms with Gasteiger partial charge in [-0.1, -0.05) is 132 Å². The third kappa shape index (κ3) is 3.93. The van der Waals surface area contributed by atoms with Crippen LogP contribution in [0.2, 0.25) is 0 Å². The minimum absolute atomic E-state index is 0.0334. The van der Waals surface area contributed by atoms with E-state index in [1.807, 2.05) is 164 Å². The van der Waals surface area contributed by atoms with Crippen molar-refractivity contribution < 1.29 is 23.9 Å². The van der Waals surface area contributed by atoms with Crippen molar-refractivity contribution in [1.82, 2.24) is 0 Å². The maximum Gasteiger partial charge on any atom is 0.343 e. The lowest BCUT2D eigenvalue weighted by atomic mass is 9.54. The standard InChI is InChI=1S/C49H40N4O5/c1-5-57-44(55)46-41(34-27-23-31(3)24-28-34)50-53(37-19-11-8-12-20-37)49(46)39-22-14-16-33-15-13-21-38(40(33)39)47(49)42(35-29-25-32(4)26-30-35)51-52(36-17-9-7-10-18-36)48(47,43(46)54)45(56)58-6-2/h7-30H,5-6H2,1-4H3. The molecule has 2 heterocycles. The molecule has 4 unspecified atom stereocenters. The number of hydrazone groups is 2. The van der Waals surface area contributed by atoms with Crippen LogP contribution in [0, 0.1) is 19.3 Å². The van der Waals surface area contributed by atoms with Crippen molar-refractivity contribution in [3.63, 3.8) is 0 Å². The van der Waals surface area contributed by atoms with Gasteiger partial charge < -0.3 is 9.47 Å². The molecule has 0 amide bonds. The number of ether oxygens (including phenoxy) is 2. The van der Waals surface area contributed by atoms with Crippen LogP contribution in [0.3, 0.4) is 0 Å². The third-order valence-electron chi connectivity index (χ3n) is 12.5. The van der Waals surface area contributed by atoms with E-state index in [9.17, 15) is 0 Å². The fraction of sp³-hybridized carbons (Fsp3) is 0.204. The minimum atomic E-state index is -2.33. The van der Waals surface area contributed by atoms with E-state index in [1.54, 1.807) is 18.9 Å². The van der Waals surface area contributed by atoms with E-state index in [2.05, 4.69) is 0 Å². The second-order valence-electron chi connectivity index (χ2n) is 15.3. The molecule has 0 saturated heterocycles. The van der Waals surface area contributed by atoms with Crippen LogP contribution in [0.5, 0.6) is 0 Å². The van der Waals surface area contributed by atoms with E-state index in [4.69, 9.17) is 19.7 Å². The number of hydrogen-bond acceptors (Lipinski definition) is 9. The molecule has 0 N–H and O–H groups in total. The number of para-hydroxylation sites is 2. The summed E-state index contributed by atoms with van der Waals surface area (Å²) in [6.45, 7) is 7.36. The molecule has 2 aliphatic carbocycles. The number of rotatable bonds is 8. The summed E-state index contributed by atoms with van der Waals surface area (Å²) in [6.07, 6.45) is 0. The van der Waals surface area contributed by atoms with E-state index < -0.39 is 39.6 Å². The number of ketones is 1. The number of hydrogen-bond donors (Lipinski definition) is 0. The first-order valence-corrected chi connectivity index (χ1v) is 19.7. The lowest BCUT2D eigenvalue weighted by Crippen LogP contribution is -2.71. The van der Waals surface area contributed by atoms with E-state index in [-0.39, 0.29) is 18.9 Å². The molecule has 6 aromatic rings. The molecular weight excluding hydrogens is 725 g/mol. The van der Waals surface area contributed by atoms with Crippen LogP contribution in [-0.2, 0) is 34.8 Å². The molecule has 0 bridgehead atoms. The van der Waals surface area contributed by atoms with Crippen LogP contribution >= 0.6 is 0 Å². The summed E-state index contributed by atoms with van der Waals surface area (Å²) in [5.74, 6) is -2.36. The van der Waals surface area contributed by atoms with Crippen molar-refractivity contribution in [1.29, 1.82) is 0 Å². The van der Waals surface area contributed by atoms with Gasteiger partial charge in [-0.2, -0.15) is 10.2 Å². The average molecular weight is 765 g/mol. The fourth-order valence-corrected chi connectivity index (χ4v) is 10.6. The highest BCUT2D eigenvalue weighted by atomic mass is 16.5. The van der Waals surface area contributed by atoms with Gasteiger partial charge >= 0.3 is 11.9 Å². The van der Waals surface area contributed by atoms with E-state index in [1.165, 1.54) is 0 Å². The van der Waals surface area contributed by atoms with Crippen LogP contribution in [0.25, 0.3) is 10.8 Å². The topological polar surface area (TPSA) is 101 Å². The molecule has 9 nitrogen and oxygen atoms in total. The van der Waals surface area contributed by atoms with Gasteiger partial charge in [0.25, 0.3) is 0 Å². The summed E-state index contributed by atoms with van der Waals surface area (Å²) < 4.78 is 12.4. The normalized spacial score (nSPS) is 24.9. The van der Waals surface area contributed by atoms with E-state index in [0.29, 0.717) is 39.3 Å². The first-order valence-electron chi connectivity index (χ1n) is 19.7. The quantitative estimate of drug-likeness (QED) is 0.114. The number of nitrogens with zero attached hydrogens (tertiary/aromatic N) is 4. The number of esters is 2. The molecule has 1 saturated carbocycles. The van der Waals surface area contributed by atoms with Crippen LogP contribution in [0.1, 0.15) is 47.2 Å². The summed E-state index contributed by atoms with van der Waals surface area (Å²) in [4.78, 5) is 49.3. The lowest BCUT2D eigenvalue weighted by Gasteiger charge is -2.50. The first-order chi connectivity index (χ1) is 28.3. The van der Waals surface area contributed by atoms with Crippen molar-refractivity contribution in [2.75, 3.05) is 23.2 Å². The smallest absolute Gasteiger partial charge is 0.343 e. The predicted molar refractivity (Wildman–Crippen MR) is 224 cm³/mol. The van der Waals surface area contributed by atoms with Crippen molar-refractivity contribution in [3.8, 4) is 0 Å². The Bertz CT molecular complexity index is 2750. The van der Waals surface area contributed by atoms with Crippen LogP contribution in [0.4, 0.5) is 11.4 Å². The Hall–Kier alpha value is -6.87. The number of anilines is 2. The fourth-order valence-electron chi connectivity index (χ4n) is 10.6. The molecule has 9 heteroatoms. The number of benzene rings is 6. The molecule has 1 fully saturated rings. The van der Waals surface area contributed by atoms with Gasteiger partial charge in [-0.25, -0.2) is 9.80 Å². The number of carbonyl (C=O) groups excluding carboxylic acids is 3. The second-order valence-corrected chi connectivity index (χ2v) is 15.3. The zero-order chi connectivity index (χ0) is 40.0. The third-order valence-corrected chi connectivity index (χ3v) is 12.5. The summed E-state index contributed by atoms with van der Waals surface area (Å²) in [6, 6.07) is 46.2. The SMILES string of the molecule is CCOC(=O)C12C(=O)C3(C(=O)OCC)N(c4ccccc4)N=C(c4ccc(C)cc4)C34c3cccc5cccc(c35)C14N(c1ccccc1)N=C2c1ccc(C)cc1.